The summed E-state index contributed by atoms with van der Waals surface area (Å²) >= 11 is 11.2. The molecular formula is C16H15ClN4OS. The second kappa shape index (κ2) is 7.02. The van der Waals surface area contributed by atoms with E-state index in [9.17, 15) is 4.79 Å². The summed E-state index contributed by atoms with van der Waals surface area (Å²) < 4.78 is 1.97. The fraction of sp³-hybridized carbons (Fsp3) is 0.250. The number of aryl methyl sites for hydroxylation is 1. The molecule has 1 aromatic heterocycles. The fourth-order valence-corrected chi connectivity index (χ4v) is 2.95. The Kier molecular flexibility index (Phi) is 4.83. The maximum absolute atomic E-state index is 12.5. The molecule has 0 atom stereocenters. The van der Waals surface area contributed by atoms with Gasteiger partial charge in [-0.05, 0) is 36.3 Å². The minimum atomic E-state index is -0.111. The third-order valence-electron chi connectivity index (χ3n) is 3.57. The van der Waals surface area contributed by atoms with Crippen molar-refractivity contribution in [1.29, 1.82) is 0 Å². The molecule has 1 aliphatic heterocycles. The molecule has 0 spiro atoms. The Labute approximate surface area is 144 Å². The molecule has 0 saturated heterocycles. The van der Waals surface area contributed by atoms with Crippen LogP contribution in [0.2, 0.25) is 5.02 Å². The summed E-state index contributed by atoms with van der Waals surface area (Å²) in [6.07, 6.45) is 6.62. The van der Waals surface area contributed by atoms with Gasteiger partial charge in [0.25, 0.3) is 5.91 Å². The number of rotatable bonds is 6. The Morgan fingerprint density at radius 1 is 1.26 bits per heavy atom. The van der Waals surface area contributed by atoms with Crippen LogP contribution in [0.25, 0.3) is 0 Å². The molecule has 0 bridgehead atoms. The second-order valence-electron chi connectivity index (χ2n) is 5.26. The third-order valence-corrected chi connectivity index (χ3v) is 4.12. The minimum absolute atomic E-state index is 0.111. The summed E-state index contributed by atoms with van der Waals surface area (Å²) in [5.41, 5.74) is 1.42. The van der Waals surface area contributed by atoms with E-state index < -0.39 is 0 Å². The van der Waals surface area contributed by atoms with E-state index >= 15 is 0 Å². The third kappa shape index (κ3) is 3.83. The first-order valence-electron chi connectivity index (χ1n) is 7.27. The molecule has 7 heteroatoms. The summed E-state index contributed by atoms with van der Waals surface area (Å²) in [5, 5.41) is 0.992. The monoisotopic (exact) mass is 346 g/mol. The lowest BCUT2D eigenvalue weighted by Gasteiger charge is -2.14. The van der Waals surface area contributed by atoms with Crippen molar-refractivity contribution in [2.24, 2.45) is 4.99 Å². The van der Waals surface area contributed by atoms with E-state index in [0.29, 0.717) is 28.8 Å². The van der Waals surface area contributed by atoms with Gasteiger partial charge in [-0.3, -0.25) is 9.69 Å². The van der Waals surface area contributed by atoms with Gasteiger partial charge in [0.15, 0.2) is 0 Å². The number of imidazole rings is 1. The number of aliphatic imine (C=N–C) groups is 1. The molecule has 0 aliphatic carbocycles. The Hall–Kier alpha value is -2.05. The number of thiocarbonyl (C=S) groups is 1. The van der Waals surface area contributed by atoms with Crippen LogP contribution >= 0.6 is 23.8 Å². The number of amides is 1. The first-order valence-corrected chi connectivity index (χ1v) is 8.05. The molecule has 0 unspecified atom stereocenters. The molecule has 1 aromatic carbocycles. The molecule has 1 amide bonds. The van der Waals surface area contributed by atoms with Crippen LogP contribution in [0.1, 0.15) is 12.0 Å². The van der Waals surface area contributed by atoms with Crippen LogP contribution in [0.4, 0.5) is 0 Å². The summed E-state index contributed by atoms with van der Waals surface area (Å²) in [7, 11) is 0. The van der Waals surface area contributed by atoms with Gasteiger partial charge < -0.3 is 4.57 Å². The van der Waals surface area contributed by atoms with E-state index in [2.05, 4.69) is 9.98 Å². The van der Waals surface area contributed by atoms with Gasteiger partial charge in [0.1, 0.15) is 5.71 Å². The van der Waals surface area contributed by atoms with Crippen LogP contribution in [-0.2, 0) is 17.8 Å². The molecule has 1 aliphatic rings. The fourth-order valence-electron chi connectivity index (χ4n) is 2.45. The molecule has 3 rings (SSSR count). The van der Waals surface area contributed by atoms with Crippen molar-refractivity contribution in [3.63, 3.8) is 0 Å². The molecule has 0 radical (unpaired) electrons. The highest BCUT2D eigenvalue weighted by Gasteiger charge is 2.29. The van der Waals surface area contributed by atoms with E-state index in [-0.39, 0.29) is 5.91 Å². The van der Waals surface area contributed by atoms with Crippen molar-refractivity contribution in [1.82, 2.24) is 14.5 Å². The summed E-state index contributed by atoms with van der Waals surface area (Å²) in [5.74, 6) is -0.111. The lowest BCUT2D eigenvalue weighted by molar-refractivity contribution is -0.120. The lowest BCUT2D eigenvalue weighted by atomic mass is 10.1. The topological polar surface area (TPSA) is 50.5 Å². The van der Waals surface area contributed by atoms with Crippen molar-refractivity contribution in [2.75, 3.05) is 6.54 Å². The van der Waals surface area contributed by atoms with Crippen molar-refractivity contribution in [2.45, 2.75) is 19.4 Å². The number of carbonyl (C=O) groups is 1. The highest BCUT2D eigenvalue weighted by molar-refractivity contribution is 7.80. The van der Waals surface area contributed by atoms with Crippen LogP contribution in [-0.4, -0.2) is 37.7 Å². The SMILES string of the molecule is O=C1C(Cc2cccc(Cl)c2)=NC(=S)N1CCCn1ccnc1. The number of benzene rings is 1. The van der Waals surface area contributed by atoms with Gasteiger partial charge in [0.05, 0.1) is 6.33 Å². The van der Waals surface area contributed by atoms with Crippen LogP contribution in [0.3, 0.4) is 0 Å². The predicted molar refractivity (Wildman–Crippen MR) is 93.7 cm³/mol. The van der Waals surface area contributed by atoms with Crippen molar-refractivity contribution < 1.29 is 4.79 Å². The average molecular weight is 347 g/mol. The van der Waals surface area contributed by atoms with E-state index in [1.807, 2.05) is 29.0 Å². The zero-order valence-corrected chi connectivity index (χ0v) is 13.9. The van der Waals surface area contributed by atoms with Crippen LogP contribution in [0.15, 0.2) is 48.0 Å². The molecule has 5 nitrogen and oxygen atoms in total. The predicted octanol–water partition coefficient (Wildman–Crippen LogP) is 2.74. The molecule has 0 saturated carbocycles. The molecule has 0 N–H and O–H groups in total. The highest BCUT2D eigenvalue weighted by atomic mass is 35.5. The van der Waals surface area contributed by atoms with E-state index in [4.69, 9.17) is 23.8 Å². The summed E-state index contributed by atoms with van der Waals surface area (Å²) in [6, 6.07) is 7.42. The highest BCUT2D eigenvalue weighted by Crippen LogP contribution is 2.15. The zero-order valence-electron chi connectivity index (χ0n) is 12.4. The molecule has 0 fully saturated rings. The molecular weight excluding hydrogens is 332 g/mol. The molecule has 2 aromatic rings. The van der Waals surface area contributed by atoms with E-state index in [1.165, 1.54) is 0 Å². The first-order chi connectivity index (χ1) is 11.1. The van der Waals surface area contributed by atoms with Crippen LogP contribution in [0.5, 0.6) is 0 Å². The van der Waals surface area contributed by atoms with Gasteiger partial charge in [-0.25, -0.2) is 9.98 Å². The maximum Gasteiger partial charge on any atom is 0.274 e. The number of aromatic nitrogens is 2. The van der Waals surface area contributed by atoms with Crippen molar-refractivity contribution in [3.8, 4) is 0 Å². The molecule has 2 heterocycles. The number of carbonyl (C=O) groups excluding carboxylic acids is 1. The quantitative estimate of drug-likeness (QED) is 0.756. The Morgan fingerprint density at radius 3 is 2.87 bits per heavy atom. The summed E-state index contributed by atoms with van der Waals surface area (Å²) in [6.45, 7) is 1.34. The largest absolute Gasteiger partial charge is 0.337 e. The average Bonchev–Trinajstić information content (AvgIpc) is 3.11. The normalized spacial score (nSPS) is 14.5. The number of halogens is 1. The molecule has 118 valence electrons. The lowest BCUT2D eigenvalue weighted by Crippen LogP contribution is -2.34. The second-order valence-corrected chi connectivity index (χ2v) is 6.06. The van der Waals surface area contributed by atoms with Crippen LogP contribution in [0, 0.1) is 0 Å². The van der Waals surface area contributed by atoms with Crippen LogP contribution < -0.4 is 0 Å². The standard InChI is InChI=1S/C16H15ClN4OS/c17-13-4-1-3-12(9-13)10-14-15(22)21(16(23)19-14)7-2-6-20-8-5-18-11-20/h1,3-5,8-9,11H,2,6-7,10H2. The van der Waals surface area contributed by atoms with Gasteiger partial charge >= 0.3 is 0 Å². The summed E-state index contributed by atoms with van der Waals surface area (Å²) in [4.78, 5) is 22.3. The maximum atomic E-state index is 12.5. The first kappa shape index (κ1) is 15.8. The Bertz CT molecular complexity index is 757. The van der Waals surface area contributed by atoms with E-state index in [0.717, 1.165) is 18.5 Å². The zero-order chi connectivity index (χ0) is 16.2. The number of hydrogen-bond donors (Lipinski definition) is 0. The van der Waals surface area contributed by atoms with E-state index in [1.54, 1.807) is 23.5 Å². The number of nitrogens with zero attached hydrogens (tertiary/aromatic N) is 4. The van der Waals surface area contributed by atoms with Gasteiger partial charge in [-0.15, -0.1) is 0 Å². The van der Waals surface area contributed by atoms with Gasteiger partial charge in [0.2, 0.25) is 5.11 Å². The number of hydrogen-bond acceptors (Lipinski definition) is 3. The Morgan fingerprint density at radius 2 is 2.13 bits per heavy atom. The minimum Gasteiger partial charge on any atom is -0.337 e. The smallest absolute Gasteiger partial charge is 0.274 e. The van der Waals surface area contributed by atoms with Gasteiger partial charge in [-0.1, -0.05) is 23.7 Å². The molecule has 23 heavy (non-hydrogen) atoms. The van der Waals surface area contributed by atoms with Gasteiger partial charge in [0, 0.05) is 36.9 Å². The van der Waals surface area contributed by atoms with Crippen molar-refractivity contribution in [3.05, 3.63) is 53.6 Å². The van der Waals surface area contributed by atoms with Gasteiger partial charge in [-0.2, -0.15) is 0 Å². The van der Waals surface area contributed by atoms with Crippen molar-refractivity contribution >= 4 is 40.6 Å². The Balaban J connectivity index is 1.58.